The van der Waals surface area contributed by atoms with Crippen molar-refractivity contribution in [2.24, 2.45) is 0 Å². The van der Waals surface area contributed by atoms with Crippen molar-refractivity contribution in [1.82, 2.24) is 10.2 Å². The monoisotopic (exact) mass is 530 g/mol. The third kappa shape index (κ3) is 5.22. The standard InChI is InChI=1S/C30H27FN2O4S/c31-22-13-9-18(10-14-22)15-27(38)28(34)32-24-17-21-12-11-20(19-5-2-1-3-6-19)16-23(21)25-7-4-8-26(30(36)37)33(25)29(24)35/h1-3,5-6,9-14,16,24-26H,4,7-8,15,17H2,(H,32,34)(H,36,37)/t24-,25+,26-/m0/s1. The molecule has 0 bridgehead atoms. The lowest BCUT2D eigenvalue weighted by Gasteiger charge is -2.40. The van der Waals surface area contributed by atoms with Gasteiger partial charge in [-0.3, -0.25) is 9.59 Å². The van der Waals surface area contributed by atoms with Crippen molar-refractivity contribution in [3.63, 3.8) is 0 Å². The van der Waals surface area contributed by atoms with Crippen LogP contribution in [0.2, 0.25) is 0 Å². The minimum absolute atomic E-state index is 0.0679. The number of thiocarbonyl (C=S) groups is 1. The Bertz CT molecular complexity index is 1390. The average molecular weight is 531 g/mol. The Hall–Kier alpha value is -3.91. The number of carboxylic acid groups (broad SMARTS) is 1. The van der Waals surface area contributed by atoms with E-state index < -0.39 is 35.9 Å². The molecule has 5 rings (SSSR count). The topological polar surface area (TPSA) is 86.7 Å². The van der Waals surface area contributed by atoms with Crippen molar-refractivity contribution in [1.29, 1.82) is 0 Å². The molecular formula is C30H27FN2O4S. The van der Waals surface area contributed by atoms with Crippen molar-refractivity contribution in [2.45, 2.75) is 50.2 Å². The fourth-order valence-electron chi connectivity index (χ4n) is 5.46. The predicted octanol–water partition coefficient (Wildman–Crippen LogP) is 4.65. The van der Waals surface area contributed by atoms with E-state index in [9.17, 15) is 23.9 Å². The number of carbonyl (C=O) groups excluding carboxylic acids is 2. The number of benzene rings is 3. The van der Waals surface area contributed by atoms with Gasteiger partial charge in [-0.2, -0.15) is 0 Å². The second-order valence-corrected chi connectivity index (χ2v) is 10.3. The van der Waals surface area contributed by atoms with Crippen LogP contribution in [0.3, 0.4) is 0 Å². The zero-order chi connectivity index (χ0) is 26.8. The fraction of sp³-hybridized carbons (Fsp3) is 0.267. The van der Waals surface area contributed by atoms with Gasteiger partial charge in [0.15, 0.2) is 0 Å². The van der Waals surface area contributed by atoms with Crippen LogP contribution in [0.5, 0.6) is 0 Å². The normalized spacial score (nSPS) is 20.6. The van der Waals surface area contributed by atoms with E-state index >= 15 is 0 Å². The number of fused-ring (bicyclic) bond motifs is 3. The fourth-order valence-corrected chi connectivity index (χ4v) is 5.69. The van der Waals surface area contributed by atoms with Crippen molar-refractivity contribution in [3.8, 4) is 11.1 Å². The van der Waals surface area contributed by atoms with Gasteiger partial charge in [0.25, 0.3) is 5.91 Å². The van der Waals surface area contributed by atoms with Crippen LogP contribution in [-0.4, -0.2) is 44.7 Å². The molecule has 0 aromatic heterocycles. The number of carbonyl (C=O) groups is 3. The van der Waals surface area contributed by atoms with Gasteiger partial charge in [0, 0.05) is 12.8 Å². The van der Waals surface area contributed by atoms with Crippen LogP contribution in [0.4, 0.5) is 4.39 Å². The lowest BCUT2D eigenvalue weighted by molar-refractivity contribution is -0.156. The van der Waals surface area contributed by atoms with Gasteiger partial charge >= 0.3 is 5.97 Å². The number of piperidine rings is 1. The van der Waals surface area contributed by atoms with E-state index in [4.69, 9.17) is 12.2 Å². The van der Waals surface area contributed by atoms with Gasteiger partial charge in [-0.15, -0.1) is 0 Å². The van der Waals surface area contributed by atoms with Crippen molar-refractivity contribution < 1.29 is 23.9 Å². The first kappa shape index (κ1) is 25.7. The van der Waals surface area contributed by atoms with E-state index in [1.807, 2.05) is 48.5 Å². The molecule has 0 spiro atoms. The molecule has 8 heteroatoms. The lowest BCUT2D eigenvalue weighted by Crippen LogP contribution is -2.56. The summed E-state index contributed by atoms with van der Waals surface area (Å²) in [5.41, 5.74) is 4.50. The third-order valence-corrected chi connectivity index (χ3v) is 7.67. The Kier molecular flexibility index (Phi) is 7.33. The molecule has 0 aliphatic carbocycles. The number of aliphatic carboxylic acids is 1. The van der Waals surface area contributed by atoms with E-state index in [2.05, 4.69) is 5.32 Å². The predicted molar refractivity (Wildman–Crippen MR) is 145 cm³/mol. The minimum Gasteiger partial charge on any atom is -0.480 e. The maximum absolute atomic E-state index is 13.8. The molecule has 2 heterocycles. The number of rotatable bonds is 6. The number of carboxylic acids is 1. The van der Waals surface area contributed by atoms with E-state index in [1.165, 1.54) is 17.0 Å². The maximum atomic E-state index is 13.8. The first-order valence-corrected chi connectivity index (χ1v) is 13.0. The zero-order valence-electron chi connectivity index (χ0n) is 20.6. The van der Waals surface area contributed by atoms with Crippen LogP contribution >= 0.6 is 12.2 Å². The van der Waals surface area contributed by atoms with Gasteiger partial charge < -0.3 is 15.3 Å². The highest BCUT2D eigenvalue weighted by Crippen LogP contribution is 2.40. The van der Waals surface area contributed by atoms with Crippen LogP contribution in [0.25, 0.3) is 11.1 Å². The quantitative estimate of drug-likeness (QED) is 0.453. The number of nitrogens with one attached hydrogen (secondary N) is 1. The molecular weight excluding hydrogens is 503 g/mol. The smallest absolute Gasteiger partial charge is 0.326 e. The summed E-state index contributed by atoms with van der Waals surface area (Å²) in [6, 6.07) is 19.3. The van der Waals surface area contributed by atoms with Gasteiger partial charge in [-0.25, -0.2) is 9.18 Å². The molecule has 2 aliphatic rings. The first-order chi connectivity index (χ1) is 18.3. The van der Waals surface area contributed by atoms with Crippen molar-refractivity contribution >= 4 is 34.9 Å². The summed E-state index contributed by atoms with van der Waals surface area (Å²) >= 11 is 5.34. The minimum atomic E-state index is -1.05. The molecule has 2 N–H and O–H groups in total. The van der Waals surface area contributed by atoms with Crippen LogP contribution in [0.1, 0.15) is 42.0 Å². The van der Waals surface area contributed by atoms with Gasteiger partial charge in [0.1, 0.15) is 17.9 Å². The molecule has 2 amide bonds. The van der Waals surface area contributed by atoms with Gasteiger partial charge in [0.2, 0.25) is 5.91 Å². The van der Waals surface area contributed by atoms with E-state index in [-0.39, 0.29) is 23.5 Å². The van der Waals surface area contributed by atoms with Crippen molar-refractivity contribution in [3.05, 3.63) is 95.3 Å². The third-order valence-electron chi connectivity index (χ3n) is 7.34. The molecule has 3 aromatic carbocycles. The molecule has 1 fully saturated rings. The Morgan fingerprint density at radius 1 is 1.00 bits per heavy atom. The summed E-state index contributed by atoms with van der Waals surface area (Å²) in [7, 11) is 0. The zero-order valence-corrected chi connectivity index (χ0v) is 21.4. The molecule has 0 radical (unpaired) electrons. The van der Waals surface area contributed by atoms with Gasteiger partial charge in [-0.05, 0) is 65.3 Å². The van der Waals surface area contributed by atoms with E-state index in [0.29, 0.717) is 24.8 Å². The highest BCUT2D eigenvalue weighted by Gasteiger charge is 2.44. The Labute approximate surface area is 225 Å². The molecule has 2 aliphatic heterocycles. The molecule has 1 saturated heterocycles. The largest absolute Gasteiger partial charge is 0.480 e. The van der Waals surface area contributed by atoms with Gasteiger partial charge in [-0.1, -0.05) is 66.8 Å². The molecule has 6 nitrogen and oxygen atoms in total. The summed E-state index contributed by atoms with van der Waals surface area (Å²) < 4.78 is 13.2. The SMILES string of the molecule is O=C(N[C@H]1Cc2ccc(-c3ccccc3)cc2[C@H]2CCC[C@@H](C(=O)O)N2C1=O)C(=S)Cc1ccc(F)cc1. The van der Waals surface area contributed by atoms with Crippen molar-refractivity contribution in [2.75, 3.05) is 0 Å². The number of hydrogen-bond donors (Lipinski definition) is 2. The summed E-state index contributed by atoms with van der Waals surface area (Å²) in [6.07, 6.45) is 2.04. The van der Waals surface area contributed by atoms with Crippen LogP contribution in [-0.2, 0) is 27.2 Å². The van der Waals surface area contributed by atoms with E-state index in [1.54, 1.807) is 12.1 Å². The lowest BCUT2D eigenvalue weighted by atomic mass is 9.87. The molecule has 0 unspecified atom stereocenters. The summed E-state index contributed by atoms with van der Waals surface area (Å²) in [5.74, 6) is -2.42. The Balaban J connectivity index is 1.46. The van der Waals surface area contributed by atoms with E-state index in [0.717, 1.165) is 22.3 Å². The van der Waals surface area contributed by atoms with Crippen LogP contribution < -0.4 is 5.32 Å². The number of amides is 2. The number of halogens is 1. The average Bonchev–Trinajstić information content (AvgIpc) is 3.04. The van der Waals surface area contributed by atoms with Gasteiger partial charge in [0.05, 0.1) is 10.9 Å². The summed E-state index contributed by atoms with van der Waals surface area (Å²) in [6.45, 7) is 0. The Morgan fingerprint density at radius 3 is 2.45 bits per heavy atom. The molecule has 3 aromatic rings. The number of nitrogens with zero attached hydrogens (tertiary/aromatic N) is 1. The molecule has 38 heavy (non-hydrogen) atoms. The van der Waals surface area contributed by atoms with Crippen LogP contribution in [0, 0.1) is 5.82 Å². The maximum Gasteiger partial charge on any atom is 0.326 e. The summed E-state index contributed by atoms with van der Waals surface area (Å²) in [5, 5.41) is 12.8. The summed E-state index contributed by atoms with van der Waals surface area (Å²) in [4.78, 5) is 40.6. The molecule has 194 valence electrons. The number of hydrogen-bond acceptors (Lipinski definition) is 4. The highest BCUT2D eigenvalue weighted by atomic mass is 32.1. The molecule has 3 atom stereocenters. The Morgan fingerprint density at radius 2 is 1.74 bits per heavy atom. The first-order valence-electron chi connectivity index (χ1n) is 12.6. The van der Waals surface area contributed by atoms with Crippen LogP contribution in [0.15, 0.2) is 72.8 Å². The molecule has 0 saturated carbocycles. The second kappa shape index (κ2) is 10.8. The second-order valence-electron chi connectivity index (χ2n) is 9.78. The highest BCUT2D eigenvalue weighted by molar-refractivity contribution is 7.82.